The van der Waals surface area contributed by atoms with Crippen molar-refractivity contribution in [3.05, 3.63) is 24.3 Å². The van der Waals surface area contributed by atoms with Gasteiger partial charge in [-0.2, -0.15) is 0 Å². The van der Waals surface area contributed by atoms with Crippen molar-refractivity contribution in [1.29, 1.82) is 0 Å². The van der Waals surface area contributed by atoms with Crippen molar-refractivity contribution >= 4 is 17.7 Å². The van der Waals surface area contributed by atoms with Crippen LogP contribution >= 0.6 is 0 Å². The first kappa shape index (κ1) is 49.0. The van der Waals surface area contributed by atoms with E-state index in [0.717, 1.165) is 77.0 Å². The molecular formula is C43H78O8. The molecule has 0 aromatic heterocycles. The summed E-state index contributed by atoms with van der Waals surface area (Å²) in [7, 11) is 0. The number of hydrogen-bond acceptors (Lipinski definition) is 8. The van der Waals surface area contributed by atoms with Gasteiger partial charge in [0.05, 0.1) is 6.61 Å². The second-order valence-electron chi connectivity index (χ2n) is 14.4. The standard InChI is InChI=1S/C43H78O8/c1-4-6-8-10-12-14-16-18-20-22-24-26-28-30-32-34-39(47)50-42(37(3)45)43(41(49)38(46)36-44)51-40(48)35-33-31-29-27-25-23-21-19-17-15-13-11-9-7-5-2/h18-21,38,41-44,46,49H,4-17,22-36H2,1-3H3/t38-,41-,42+,43+/m1/s1. The molecule has 0 aliphatic rings. The molecule has 0 aromatic rings. The van der Waals surface area contributed by atoms with E-state index in [2.05, 4.69) is 38.2 Å². The third-order valence-electron chi connectivity index (χ3n) is 9.43. The summed E-state index contributed by atoms with van der Waals surface area (Å²) >= 11 is 0. The molecule has 3 N–H and O–H groups in total. The predicted octanol–water partition coefficient (Wildman–Crippen LogP) is 10.2. The van der Waals surface area contributed by atoms with E-state index in [9.17, 15) is 29.7 Å². The number of aliphatic hydroxyl groups excluding tert-OH is 3. The lowest BCUT2D eigenvalue weighted by molar-refractivity contribution is -0.187. The third-order valence-corrected chi connectivity index (χ3v) is 9.43. The Morgan fingerprint density at radius 1 is 0.510 bits per heavy atom. The highest BCUT2D eigenvalue weighted by Crippen LogP contribution is 2.18. The van der Waals surface area contributed by atoms with Crippen molar-refractivity contribution < 1.29 is 39.2 Å². The Morgan fingerprint density at radius 2 is 0.843 bits per heavy atom. The summed E-state index contributed by atoms with van der Waals surface area (Å²) < 4.78 is 10.8. The molecule has 0 saturated heterocycles. The number of unbranched alkanes of at least 4 members (excludes halogenated alkanes) is 22. The molecular weight excluding hydrogens is 644 g/mol. The summed E-state index contributed by atoms with van der Waals surface area (Å²) in [5.74, 6) is -1.89. The second-order valence-corrected chi connectivity index (χ2v) is 14.4. The Bertz CT molecular complexity index is 885. The SMILES string of the molecule is CCCCCCCCC=CCCCCCCCC(=O)O[C@@H]([C@H](O)[C@H](O)CO)[C@@H](OC(=O)CCCCCCCC=CCCCCCCCC)C(C)=O. The van der Waals surface area contributed by atoms with Crippen LogP contribution in [0, 0.1) is 0 Å². The number of rotatable bonds is 37. The van der Waals surface area contributed by atoms with Crippen LogP contribution in [0.15, 0.2) is 24.3 Å². The molecule has 298 valence electrons. The average molecular weight is 723 g/mol. The molecule has 0 aliphatic carbocycles. The first-order valence-electron chi connectivity index (χ1n) is 20.9. The van der Waals surface area contributed by atoms with Crippen molar-refractivity contribution in [2.75, 3.05) is 6.61 Å². The largest absolute Gasteiger partial charge is 0.455 e. The zero-order valence-corrected chi connectivity index (χ0v) is 33.0. The van der Waals surface area contributed by atoms with Crippen molar-refractivity contribution in [2.24, 2.45) is 0 Å². The Hall–Kier alpha value is -2.03. The molecule has 0 amide bonds. The summed E-state index contributed by atoms with van der Waals surface area (Å²) in [5.41, 5.74) is 0. The summed E-state index contributed by atoms with van der Waals surface area (Å²) in [6.45, 7) is 4.85. The zero-order chi connectivity index (χ0) is 37.8. The molecule has 0 aromatic carbocycles. The minimum atomic E-state index is -1.80. The maximum Gasteiger partial charge on any atom is 0.306 e. The molecule has 0 saturated carbocycles. The molecule has 51 heavy (non-hydrogen) atoms. The maximum absolute atomic E-state index is 12.7. The minimum Gasteiger partial charge on any atom is -0.455 e. The normalized spacial score (nSPS) is 14.2. The lowest BCUT2D eigenvalue weighted by atomic mass is 10.00. The van der Waals surface area contributed by atoms with Crippen LogP contribution in [0.2, 0.25) is 0 Å². The number of hydrogen-bond donors (Lipinski definition) is 3. The van der Waals surface area contributed by atoms with Crippen LogP contribution < -0.4 is 0 Å². The number of esters is 2. The van der Waals surface area contributed by atoms with Gasteiger partial charge in [-0.15, -0.1) is 0 Å². The summed E-state index contributed by atoms with van der Waals surface area (Å²) in [5, 5.41) is 30.1. The van der Waals surface area contributed by atoms with Crippen molar-refractivity contribution in [1.82, 2.24) is 0 Å². The number of ether oxygens (including phenoxy) is 2. The Morgan fingerprint density at radius 3 is 1.20 bits per heavy atom. The van der Waals surface area contributed by atoms with E-state index in [1.54, 1.807) is 0 Å². The highest BCUT2D eigenvalue weighted by Gasteiger charge is 2.40. The zero-order valence-electron chi connectivity index (χ0n) is 33.0. The molecule has 8 nitrogen and oxygen atoms in total. The fourth-order valence-corrected chi connectivity index (χ4v) is 6.11. The van der Waals surface area contributed by atoms with Crippen molar-refractivity contribution in [3.63, 3.8) is 0 Å². The minimum absolute atomic E-state index is 0.0735. The molecule has 0 bridgehead atoms. The molecule has 0 spiro atoms. The molecule has 0 rings (SSSR count). The number of allylic oxidation sites excluding steroid dienone is 4. The number of Topliss-reactive ketones (excluding diaryl/α,β-unsaturated/α-hetero) is 1. The van der Waals surface area contributed by atoms with Gasteiger partial charge in [0.25, 0.3) is 0 Å². The second kappa shape index (κ2) is 36.3. The molecule has 0 radical (unpaired) electrons. The fourth-order valence-electron chi connectivity index (χ4n) is 6.11. The number of ketones is 1. The Labute approximate surface area is 312 Å². The van der Waals surface area contributed by atoms with Gasteiger partial charge in [0.2, 0.25) is 0 Å². The lowest BCUT2D eigenvalue weighted by Crippen LogP contribution is -2.52. The van der Waals surface area contributed by atoms with E-state index in [1.807, 2.05) is 0 Å². The fraction of sp³-hybridized carbons (Fsp3) is 0.837. The van der Waals surface area contributed by atoms with Gasteiger partial charge in [0.1, 0.15) is 12.2 Å². The third kappa shape index (κ3) is 30.2. The molecule has 0 aliphatic heterocycles. The molecule has 0 unspecified atom stereocenters. The van der Waals surface area contributed by atoms with Gasteiger partial charge in [-0.25, -0.2) is 0 Å². The van der Waals surface area contributed by atoms with Crippen LogP contribution in [0.25, 0.3) is 0 Å². The lowest BCUT2D eigenvalue weighted by Gasteiger charge is -2.30. The van der Waals surface area contributed by atoms with Crippen LogP contribution in [-0.2, 0) is 23.9 Å². The number of carbonyl (C=O) groups is 3. The Kier molecular flexibility index (Phi) is 34.9. The van der Waals surface area contributed by atoms with Crippen LogP contribution in [0.5, 0.6) is 0 Å². The van der Waals surface area contributed by atoms with Gasteiger partial charge in [-0.1, -0.05) is 141 Å². The highest BCUT2D eigenvalue weighted by molar-refractivity contribution is 5.84. The predicted molar refractivity (Wildman–Crippen MR) is 208 cm³/mol. The molecule has 0 fully saturated rings. The van der Waals surface area contributed by atoms with Crippen LogP contribution in [0.1, 0.15) is 201 Å². The monoisotopic (exact) mass is 723 g/mol. The van der Waals surface area contributed by atoms with Crippen molar-refractivity contribution in [3.8, 4) is 0 Å². The first-order valence-corrected chi connectivity index (χ1v) is 20.9. The first-order chi connectivity index (χ1) is 24.8. The van der Waals surface area contributed by atoms with Gasteiger partial charge < -0.3 is 24.8 Å². The average Bonchev–Trinajstić information content (AvgIpc) is 3.12. The van der Waals surface area contributed by atoms with E-state index < -0.39 is 48.7 Å². The Balaban J connectivity index is 4.40. The number of aliphatic hydroxyl groups is 3. The maximum atomic E-state index is 12.7. The van der Waals surface area contributed by atoms with Crippen molar-refractivity contribution in [2.45, 2.75) is 225 Å². The van der Waals surface area contributed by atoms with Crippen LogP contribution in [0.3, 0.4) is 0 Å². The molecule has 8 heteroatoms. The van der Waals surface area contributed by atoms with E-state index >= 15 is 0 Å². The van der Waals surface area contributed by atoms with Gasteiger partial charge >= 0.3 is 11.9 Å². The van der Waals surface area contributed by atoms with Gasteiger partial charge in [0.15, 0.2) is 18.0 Å². The van der Waals surface area contributed by atoms with E-state index in [4.69, 9.17) is 9.47 Å². The molecule has 4 atom stereocenters. The highest BCUT2D eigenvalue weighted by atomic mass is 16.6. The summed E-state index contributed by atoms with van der Waals surface area (Å²) in [6, 6.07) is 0. The molecule has 0 heterocycles. The number of carbonyl (C=O) groups excluding carboxylic acids is 3. The summed E-state index contributed by atoms with van der Waals surface area (Å²) in [6.07, 6.45) is 32.1. The van der Waals surface area contributed by atoms with Gasteiger partial charge in [-0.05, 0) is 71.1 Å². The van der Waals surface area contributed by atoms with E-state index in [1.165, 1.54) is 84.0 Å². The summed E-state index contributed by atoms with van der Waals surface area (Å²) in [4.78, 5) is 37.9. The van der Waals surface area contributed by atoms with Gasteiger partial charge in [0, 0.05) is 12.8 Å². The van der Waals surface area contributed by atoms with E-state index in [-0.39, 0.29) is 12.8 Å². The van der Waals surface area contributed by atoms with Crippen LogP contribution in [0.4, 0.5) is 0 Å². The topological polar surface area (TPSA) is 130 Å². The van der Waals surface area contributed by atoms with Gasteiger partial charge in [-0.3, -0.25) is 14.4 Å². The smallest absolute Gasteiger partial charge is 0.306 e. The quantitative estimate of drug-likeness (QED) is 0.0328. The van der Waals surface area contributed by atoms with Crippen LogP contribution in [-0.4, -0.2) is 64.1 Å². The van der Waals surface area contributed by atoms with E-state index in [0.29, 0.717) is 12.8 Å².